The minimum Gasteiger partial charge on any atom is -0.497 e. The summed E-state index contributed by atoms with van der Waals surface area (Å²) in [6, 6.07) is 11.6. The standard InChI is InChI=1S/C13H11ClO2.C2H6/c1-16-11-6-5-9-3-2-4-10(7-13(14)15)12(9)8-11;1-2/h2-6,8H,7H2,1H3;1-2H3. The van der Waals surface area contributed by atoms with Crippen LogP contribution in [0, 0.1) is 0 Å². The van der Waals surface area contributed by atoms with Gasteiger partial charge in [0.15, 0.2) is 0 Å². The van der Waals surface area contributed by atoms with E-state index in [2.05, 4.69) is 0 Å². The predicted octanol–water partition coefficient (Wildman–Crippen LogP) is 4.18. The normalized spacial score (nSPS) is 9.56. The van der Waals surface area contributed by atoms with Crippen LogP contribution in [0.2, 0.25) is 0 Å². The Balaban J connectivity index is 0.000000771. The van der Waals surface area contributed by atoms with Gasteiger partial charge in [0.25, 0.3) is 0 Å². The van der Waals surface area contributed by atoms with E-state index < -0.39 is 0 Å². The lowest BCUT2D eigenvalue weighted by Crippen LogP contribution is -1.94. The Bertz CT molecular complexity index is 535. The van der Waals surface area contributed by atoms with Crippen LogP contribution in [0.15, 0.2) is 36.4 Å². The number of benzene rings is 2. The van der Waals surface area contributed by atoms with Crippen molar-refractivity contribution in [1.29, 1.82) is 0 Å². The van der Waals surface area contributed by atoms with Crippen LogP contribution in [0.5, 0.6) is 5.75 Å². The van der Waals surface area contributed by atoms with Gasteiger partial charge in [-0.1, -0.05) is 38.1 Å². The van der Waals surface area contributed by atoms with Crippen molar-refractivity contribution >= 4 is 27.6 Å². The van der Waals surface area contributed by atoms with Crippen molar-refractivity contribution in [1.82, 2.24) is 0 Å². The fourth-order valence-corrected chi connectivity index (χ4v) is 1.89. The maximum atomic E-state index is 10.9. The first-order valence-electron chi connectivity index (χ1n) is 5.94. The van der Waals surface area contributed by atoms with Gasteiger partial charge in [-0.15, -0.1) is 0 Å². The smallest absolute Gasteiger partial charge is 0.226 e. The molecule has 2 rings (SSSR count). The molecule has 0 aliphatic carbocycles. The minimum atomic E-state index is -0.352. The van der Waals surface area contributed by atoms with Crippen molar-refractivity contribution in [3.05, 3.63) is 42.0 Å². The second-order valence-electron chi connectivity index (χ2n) is 3.54. The van der Waals surface area contributed by atoms with Gasteiger partial charge in [-0.05, 0) is 40.1 Å². The zero-order valence-corrected chi connectivity index (χ0v) is 11.6. The molecule has 0 radical (unpaired) electrons. The number of ether oxygens (including phenoxy) is 1. The van der Waals surface area contributed by atoms with Crippen LogP contribution in [-0.2, 0) is 11.2 Å². The number of hydrogen-bond acceptors (Lipinski definition) is 2. The van der Waals surface area contributed by atoms with Crippen LogP contribution in [0.25, 0.3) is 10.8 Å². The van der Waals surface area contributed by atoms with E-state index in [-0.39, 0.29) is 11.7 Å². The number of hydrogen-bond donors (Lipinski definition) is 0. The molecule has 0 aliphatic heterocycles. The van der Waals surface area contributed by atoms with Gasteiger partial charge in [0.2, 0.25) is 5.24 Å². The third kappa shape index (κ3) is 3.47. The van der Waals surface area contributed by atoms with Crippen LogP contribution in [0.1, 0.15) is 19.4 Å². The van der Waals surface area contributed by atoms with Gasteiger partial charge in [0.1, 0.15) is 5.75 Å². The van der Waals surface area contributed by atoms with Crippen LogP contribution in [0.3, 0.4) is 0 Å². The van der Waals surface area contributed by atoms with Gasteiger partial charge >= 0.3 is 0 Å². The molecule has 0 atom stereocenters. The zero-order valence-electron chi connectivity index (χ0n) is 10.9. The minimum absolute atomic E-state index is 0.242. The van der Waals surface area contributed by atoms with Crippen LogP contribution < -0.4 is 4.74 Å². The topological polar surface area (TPSA) is 26.3 Å². The molecule has 0 amide bonds. The summed E-state index contributed by atoms with van der Waals surface area (Å²) in [5, 5.41) is 1.74. The highest BCUT2D eigenvalue weighted by atomic mass is 35.5. The molecule has 2 aromatic rings. The van der Waals surface area contributed by atoms with Crippen molar-refractivity contribution in [3.63, 3.8) is 0 Å². The Morgan fingerprint density at radius 1 is 1.22 bits per heavy atom. The molecule has 0 bridgehead atoms. The fourth-order valence-electron chi connectivity index (χ4n) is 1.75. The van der Waals surface area contributed by atoms with Crippen molar-refractivity contribution in [3.8, 4) is 5.75 Å². The zero-order chi connectivity index (χ0) is 13.5. The molecule has 0 saturated carbocycles. The number of rotatable bonds is 3. The van der Waals surface area contributed by atoms with Crippen molar-refractivity contribution < 1.29 is 9.53 Å². The second kappa shape index (κ2) is 7.02. The Labute approximate surface area is 113 Å². The van der Waals surface area contributed by atoms with Gasteiger partial charge in [-0.25, -0.2) is 0 Å². The first-order valence-corrected chi connectivity index (χ1v) is 6.32. The lowest BCUT2D eigenvalue weighted by molar-refractivity contribution is -0.111. The van der Waals surface area contributed by atoms with Gasteiger partial charge < -0.3 is 4.74 Å². The molecule has 96 valence electrons. The molecular weight excluding hydrogens is 248 g/mol. The van der Waals surface area contributed by atoms with Crippen molar-refractivity contribution in [2.75, 3.05) is 7.11 Å². The Morgan fingerprint density at radius 2 is 1.94 bits per heavy atom. The fraction of sp³-hybridized carbons (Fsp3) is 0.267. The van der Waals surface area contributed by atoms with Gasteiger partial charge in [0, 0.05) is 6.42 Å². The van der Waals surface area contributed by atoms with E-state index in [4.69, 9.17) is 16.3 Å². The molecule has 0 aromatic heterocycles. The Morgan fingerprint density at radius 3 is 2.56 bits per heavy atom. The average molecular weight is 265 g/mol. The van der Waals surface area contributed by atoms with E-state index in [1.165, 1.54) is 0 Å². The van der Waals surface area contributed by atoms with E-state index in [9.17, 15) is 4.79 Å². The Kier molecular flexibility index (Phi) is 5.66. The number of carbonyl (C=O) groups excluding carboxylic acids is 1. The molecule has 0 aliphatic rings. The first-order chi connectivity index (χ1) is 8.70. The molecule has 2 aromatic carbocycles. The molecule has 18 heavy (non-hydrogen) atoms. The average Bonchev–Trinajstić information content (AvgIpc) is 2.40. The molecule has 0 unspecified atom stereocenters. The molecule has 0 saturated heterocycles. The highest BCUT2D eigenvalue weighted by molar-refractivity contribution is 6.63. The highest BCUT2D eigenvalue weighted by Gasteiger charge is 2.05. The molecule has 0 spiro atoms. The predicted molar refractivity (Wildman–Crippen MR) is 76.4 cm³/mol. The van der Waals surface area contributed by atoms with Gasteiger partial charge in [-0.3, -0.25) is 4.79 Å². The van der Waals surface area contributed by atoms with E-state index in [1.54, 1.807) is 7.11 Å². The quantitative estimate of drug-likeness (QED) is 0.778. The monoisotopic (exact) mass is 264 g/mol. The molecule has 0 fully saturated rings. The lowest BCUT2D eigenvalue weighted by atomic mass is 10.0. The number of carbonyl (C=O) groups is 1. The van der Waals surface area contributed by atoms with E-state index >= 15 is 0 Å². The van der Waals surface area contributed by atoms with Crippen molar-refractivity contribution in [2.45, 2.75) is 20.3 Å². The maximum Gasteiger partial charge on any atom is 0.226 e. The number of methoxy groups -OCH3 is 1. The summed E-state index contributed by atoms with van der Waals surface area (Å²) in [7, 11) is 1.62. The van der Waals surface area contributed by atoms with Gasteiger partial charge in [0.05, 0.1) is 7.11 Å². The van der Waals surface area contributed by atoms with Crippen LogP contribution in [0.4, 0.5) is 0 Å². The largest absolute Gasteiger partial charge is 0.497 e. The summed E-state index contributed by atoms with van der Waals surface area (Å²) in [6.45, 7) is 4.00. The lowest BCUT2D eigenvalue weighted by Gasteiger charge is -2.06. The van der Waals surface area contributed by atoms with Crippen LogP contribution >= 0.6 is 11.6 Å². The second-order valence-corrected chi connectivity index (χ2v) is 3.96. The van der Waals surface area contributed by atoms with Crippen molar-refractivity contribution in [2.24, 2.45) is 0 Å². The summed E-state index contributed by atoms with van der Waals surface area (Å²) < 4.78 is 5.16. The van der Waals surface area contributed by atoms with Gasteiger partial charge in [-0.2, -0.15) is 0 Å². The molecule has 0 heterocycles. The highest BCUT2D eigenvalue weighted by Crippen LogP contribution is 2.24. The van der Waals surface area contributed by atoms with Crippen LogP contribution in [-0.4, -0.2) is 12.4 Å². The number of halogens is 1. The van der Waals surface area contributed by atoms with E-state index in [0.717, 1.165) is 22.1 Å². The molecular formula is C15H17ClO2. The summed E-state index contributed by atoms with van der Waals surface area (Å²) in [5.41, 5.74) is 0.927. The third-order valence-electron chi connectivity index (χ3n) is 2.51. The summed E-state index contributed by atoms with van der Waals surface area (Å²) in [5.74, 6) is 0.780. The third-order valence-corrected chi connectivity index (χ3v) is 2.64. The molecule has 2 nitrogen and oxygen atoms in total. The number of fused-ring (bicyclic) bond motifs is 1. The SMILES string of the molecule is CC.COc1ccc2cccc(CC(=O)Cl)c2c1. The summed E-state index contributed by atoms with van der Waals surface area (Å²) in [6.07, 6.45) is 0.242. The summed E-state index contributed by atoms with van der Waals surface area (Å²) in [4.78, 5) is 10.9. The molecule has 0 N–H and O–H groups in total. The summed E-state index contributed by atoms with van der Waals surface area (Å²) >= 11 is 5.42. The maximum absolute atomic E-state index is 10.9. The first kappa shape index (κ1) is 14.5. The van der Waals surface area contributed by atoms with E-state index in [1.807, 2.05) is 50.2 Å². The van der Waals surface area contributed by atoms with E-state index in [0.29, 0.717) is 0 Å². The Hall–Kier alpha value is -1.54. The molecule has 3 heteroatoms.